The number of rotatable bonds is 1. The van der Waals surface area contributed by atoms with Crippen LogP contribution in [0.4, 0.5) is 0 Å². The van der Waals surface area contributed by atoms with Gasteiger partial charge < -0.3 is 0 Å². The van der Waals surface area contributed by atoms with E-state index in [0.29, 0.717) is 5.92 Å². The van der Waals surface area contributed by atoms with Gasteiger partial charge in [0.15, 0.2) is 0 Å². The Kier molecular flexibility index (Phi) is 2.25. The van der Waals surface area contributed by atoms with Crippen LogP contribution in [0.3, 0.4) is 0 Å². The first kappa shape index (κ1) is 9.66. The third-order valence-electron chi connectivity index (χ3n) is 4.74. The molecule has 0 spiro atoms. The minimum absolute atomic E-state index is 0.369. The maximum atomic E-state index is 8.82. The Hall–Kier alpha value is -0.550. The quantitative estimate of drug-likeness (QED) is 0.656. The molecule has 0 aromatic heterocycles. The molecule has 3 fully saturated rings. The standard InChI is InChI=1S/C13H20N2/c1-9-4-11-2-3-12(5-9)15(11)13-6-10(7-13)8-14/h9-13H,2-7H2,1H3. The Morgan fingerprint density at radius 2 is 1.60 bits per heavy atom. The lowest BCUT2D eigenvalue weighted by Gasteiger charge is -2.48. The summed E-state index contributed by atoms with van der Waals surface area (Å²) in [6, 6.07) is 4.89. The SMILES string of the molecule is CC1CC2CCC(C1)N2C1CC(C#N)C1. The molecule has 2 saturated heterocycles. The second kappa shape index (κ2) is 3.49. The first-order chi connectivity index (χ1) is 7.28. The fourth-order valence-corrected chi connectivity index (χ4v) is 4.02. The topological polar surface area (TPSA) is 27.0 Å². The Morgan fingerprint density at radius 1 is 1.00 bits per heavy atom. The van der Waals surface area contributed by atoms with Crippen molar-refractivity contribution in [2.75, 3.05) is 0 Å². The van der Waals surface area contributed by atoms with E-state index in [9.17, 15) is 0 Å². The molecule has 15 heavy (non-hydrogen) atoms. The van der Waals surface area contributed by atoms with Gasteiger partial charge in [0.2, 0.25) is 0 Å². The van der Waals surface area contributed by atoms with Gasteiger partial charge >= 0.3 is 0 Å². The van der Waals surface area contributed by atoms with Crippen LogP contribution in [0.25, 0.3) is 0 Å². The normalized spacial score (nSPS) is 49.7. The minimum Gasteiger partial charge on any atom is -0.294 e. The molecule has 0 amide bonds. The van der Waals surface area contributed by atoms with Crippen LogP contribution >= 0.6 is 0 Å². The van der Waals surface area contributed by atoms with Gasteiger partial charge in [0.25, 0.3) is 0 Å². The van der Waals surface area contributed by atoms with Crippen molar-refractivity contribution in [1.82, 2.24) is 4.90 Å². The fourth-order valence-electron chi connectivity index (χ4n) is 4.02. The minimum atomic E-state index is 0.369. The van der Waals surface area contributed by atoms with Crippen LogP contribution in [0.2, 0.25) is 0 Å². The molecule has 2 heteroatoms. The molecule has 3 rings (SSSR count). The number of hydrogen-bond donors (Lipinski definition) is 0. The first-order valence-electron chi connectivity index (χ1n) is 6.45. The Bertz CT molecular complexity index is 273. The summed E-state index contributed by atoms with van der Waals surface area (Å²) in [5.41, 5.74) is 0. The monoisotopic (exact) mass is 204 g/mol. The van der Waals surface area contributed by atoms with Crippen molar-refractivity contribution in [3.63, 3.8) is 0 Å². The number of nitriles is 1. The highest BCUT2D eigenvalue weighted by Crippen LogP contribution is 2.44. The van der Waals surface area contributed by atoms with Crippen LogP contribution < -0.4 is 0 Å². The van der Waals surface area contributed by atoms with Gasteiger partial charge in [-0.05, 0) is 44.4 Å². The molecular weight excluding hydrogens is 184 g/mol. The number of fused-ring (bicyclic) bond motifs is 2. The molecule has 82 valence electrons. The summed E-state index contributed by atoms with van der Waals surface area (Å²) in [5.74, 6) is 1.30. The third-order valence-corrected chi connectivity index (χ3v) is 4.74. The van der Waals surface area contributed by atoms with Crippen molar-refractivity contribution in [1.29, 1.82) is 5.26 Å². The molecule has 3 aliphatic rings. The van der Waals surface area contributed by atoms with Gasteiger partial charge in [0, 0.05) is 24.0 Å². The number of nitrogens with zero attached hydrogens (tertiary/aromatic N) is 2. The Balaban J connectivity index is 1.66. The van der Waals surface area contributed by atoms with Crippen LogP contribution in [0.5, 0.6) is 0 Å². The van der Waals surface area contributed by atoms with Crippen LogP contribution in [-0.4, -0.2) is 23.0 Å². The molecule has 1 saturated carbocycles. The van der Waals surface area contributed by atoms with Crippen LogP contribution in [0.1, 0.15) is 45.4 Å². The summed E-state index contributed by atoms with van der Waals surface area (Å²) in [6.07, 6.45) is 7.95. The molecule has 0 radical (unpaired) electrons. The number of hydrogen-bond acceptors (Lipinski definition) is 2. The highest BCUT2D eigenvalue weighted by molar-refractivity contribution is 5.05. The molecule has 0 aromatic rings. The van der Waals surface area contributed by atoms with Crippen molar-refractivity contribution in [2.24, 2.45) is 11.8 Å². The lowest BCUT2D eigenvalue weighted by Crippen LogP contribution is -2.53. The van der Waals surface area contributed by atoms with Crippen molar-refractivity contribution in [3.8, 4) is 6.07 Å². The molecular formula is C13H20N2. The summed E-state index contributed by atoms with van der Waals surface area (Å²) in [5, 5.41) is 8.82. The van der Waals surface area contributed by atoms with Gasteiger partial charge in [-0.2, -0.15) is 5.26 Å². The van der Waals surface area contributed by atoms with Gasteiger partial charge in [0.05, 0.1) is 6.07 Å². The summed E-state index contributed by atoms with van der Waals surface area (Å²) < 4.78 is 0. The van der Waals surface area contributed by atoms with E-state index in [0.717, 1.165) is 36.9 Å². The maximum absolute atomic E-state index is 8.82. The fraction of sp³-hybridized carbons (Fsp3) is 0.923. The van der Waals surface area contributed by atoms with Gasteiger partial charge in [-0.25, -0.2) is 0 Å². The second-order valence-corrected chi connectivity index (χ2v) is 5.86. The average molecular weight is 204 g/mol. The summed E-state index contributed by atoms with van der Waals surface area (Å²) in [7, 11) is 0. The van der Waals surface area contributed by atoms with Crippen molar-refractivity contribution >= 4 is 0 Å². The molecule has 0 N–H and O–H groups in total. The van der Waals surface area contributed by atoms with Crippen molar-refractivity contribution in [2.45, 2.75) is 63.6 Å². The molecule has 2 aliphatic heterocycles. The zero-order valence-corrected chi connectivity index (χ0v) is 9.52. The van der Waals surface area contributed by atoms with E-state index in [-0.39, 0.29) is 0 Å². The summed E-state index contributed by atoms with van der Waals surface area (Å²) in [6.45, 7) is 2.40. The third kappa shape index (κ3) is 1.49. The molecule has 2 unspecified atom stereocenters. The van der Waals surface area contributed by atoms with Gasteiger partial charge in [-0.3, -0.25) is 4.90 Å². The maximum Gasteiger partial charge on any atom is 0.0657 e. The van der Waals surface area contributed by atoms with Crippen LogP contribution in [0.15, 0.2) is 0 Å². The van der Waals surface area contributed by atoms with Crippen LogP contribution in [0, 0.1) is 23.2 Å². The van der Waals surface area contributed by atoms with Gasteiger partial charge in [-0.1, -0.05) is 6.92 Å². The molecule has 2 heterocycles. The zero-order valence-electron chi connectivity index (χ0n) is 9.52. The highest BCUT2D eigenvalue weighted by Gasteiger charge is 2.46. The van der Waals surface area contributed by atoms with Crippen molar-refractivity contribution < 1.29 is 0 Å². The lowest BCUT2D eigenvalue weighted by atomic mass is 9.78. The molecule has 2 bridgehead atoms. The van der Waals surface area contributed by atoms with E-state index >= 15 is 0 Å². The molecule has 0 aromatic carbocycles. The average Bonchev–Trinajstić information content (AvgIpc) is 2.41. The smallest absolute Gasteiger partial charge is 0.0657 e. The van der Waals surface area contributed by atoms with Crippen molar-refractivity contribution in [3.05, 3.63) is 0 Å². The largest absolute Gasteiger partial charge is 0.294 e. The van der Waals surface area contributed by atoms with E-state index in [2.05, 4.69) is 17.9 Å². The Labute approximate surface area is 92.3 Å². The predicted octanol–water partition coefficient (Wildman–Crippen LogP) is 2.55. The molecule has 2 atom stereocenters. The van der Waals surface area contributed by atoms with E-state index < -0.39 is 0 Å². The van der Waals surface area contributed by atoms with E-state index in [1.54, 1.807) is 0 Å². The van der Waals surface area contributed by atoms with E-state index in [1.807, 2.05) is 0 Å². The first-order valence-corrected chi connectivity index (χ1v) is 6.45. The summed E-state index contributed by atoms with van der Waals surface area (Å²) in [4.78, 5) is 2.79. The summed E-state index contributed by atoms with van der Waals surface area (Å²) >= 11 is 0. The second-order valence-electron chi connectivity index (χ2n) is 5.86. The lowest BCUT2D eigenvalue weighted by molar-refractivity contribution is 0.0131. The van der Waals surface area contributed by atoms with Gasteiger partial charge in [-0.15, -0.1) is 0 Å². The molecule has 1 aliphatic carbocycles. The van der Waals surface area contributed by atoms with Crippen LogP contribution in [-0.2, 0) is 0 Å². The number of piperidine rings is 1. The Morgan fingerprint density at radius 3 is 2.13 bits per heavy atom. The highest BCUT2D eigenvalue weighted by atomic mass is 15.3. The van der Waals surface area contributed by atoms with E-state index in [1.165, 1.54) is 25.7 Å². The van der Waals surface area contributed by atoms with E-state index in [4.69, 9.17) is 5.26 Å². The zero-order chi connectivity index (χ0) is 10.4. The van der Waals surface area contributed by atoms with Gasteiger partial charge in [0.1, 0.15) is 0 Å². The predicted molar refractivity (Wildman–Crippen MR) is 59.2 cm³/mol. The molecule has 2 nitrogen and oxygen atoms in total.